The van der Waals surface area contributed by atoms with Gasteiger partial charge in [0.2, 0.25) is 0 Å². The zero-order chi connectivity index (χ0) is 18.4. The molecule has 27 heavy (non-hydrogen) atoms. The summed E-state index contributed by atoms with van der Waals surface area (Å²) < 4.78 is 15.8. The average molecular weight is 364 g/mol. The van der Waals surface area contributed by atoms with Crippen molar-refractivity contribution in [2.45, 2.75) is 31.7 Å². The van der Waals surface area contributed by atoms with Gasteiger partial charge in [-0.15, -0.1) is 0 Å². The summed E-state index contributed by atoms with van der Waals surface area (Å²) in [4.78, 5) is 11.6. The molecule has 0 amide bonds. The molecular formula is C20H21FN6. The quantitative estimate of drug-likeness (QED) is 0.664. The van der Waals surface area contributed by atoms with E-state index in [-0.39, 0.29) is 11.9 Å². The van der Waals surface area contributed by atoms with Gasteiger partial charge in [0.05, 0.1) is 24.0 Å². The fourth-order valence-electron chi connectivity index (χ4n) is 4.17. The first-order valence-corrected chi connectivity index (χ1v) is 9.39. The van der Waals surface area contributed by atoms with E-state index >= 15 is 0 Å². The third-order valence-corrected chi connectivity index (χ3v) is 5.48. The molecule has 7 heteroatoms. The standard InChI is InChI=1S/C20H21FN6/c1-13-16-12-24-27-9-6-19(25-20(16)27)26-8-3-5-18(26)15-10-14(21)11-23-17(15)4-2-7-22-13/h6,9-12,18,22H,1-5,7-8H2. The Bertz CT molecular complexity index is 1030. The van der Waals surface area contributed by atoms with Crippen LogP contribution in [0.15, 0.2) is 37.3 Å². The van der Waals surface area contributed by atoms with Crippen LogP contribution in [0.25, 0.3) is 11.3 Å². The van der Waals surface area contributed by atoms with E-state index in [1.165, 1.54) is 6.20 Å². The second-order valence-corrected chi connectivity index (χ2v) is 7.16. The summed E-state index contributed by atoms with van der Waals surface area (Å²) in [5.41, 5.74) is 4.48. The van der Waals surface area contributed by atoms with Gasteiger partial charge in [0.15, 0.2) is 5.65 Å². The lowest BCUT2D eigenvalue weighted by molar-refractivity contribution is 0.601. The maximum absolute atomic E-state index is 14.0. The SMILES string of the molecule is C=C1NCCCc2ncc(F)cc2C2CCCN2c2ccn3ncc1c3n2. The van der Waals surface area contributed by atoms with Crippen molar-refractivity contribution in [2.24, 2.45) is 0 Å². The highest BCUT2D eigenvalue weighted by Gasteiger charge is 2.30. The molecule has 0 radical (unpaired) electrons. The van der Waals surface area contributed by atoms with E-state index in [4.69, 9.17) is 4.98 Å². The second-order valence-electron chi connectivity index (χ2n) is 7.16. The molecule has 2 aliphatic rings. The van der Waals surface area contributed by atoms with E-state index in [9.17, 15) is 4.39 Å². The molecule has 1 saturated heterocycles. The van der Waals surface area contributed by atoms with Gasteiger partial charge < -0.3 is 10.2 Å². The van der Waals surface area contributed by atoms with Crippen molar-refractivity contribution in [3.8, 4) is 0 Å². The van der Waals surface area contributed by atoms with Crippen molar-refractivity contribution in [1.29, 1.82) is 0 Å². The topological polar surface area (TPSA) is 58.4 Å². The Morgan fingerprint density at radius 3 is 3.11 bits per heavy atom. The number of hydrogen-bond donors (Lipinski definition) is 1. The summed E-state index contributed by atoms with van der Waals surface area (Å²) in [6.45, 7) is 5.82. The van der Waals surface area contributed by atoms with Crippen LogP contribution in [-0.2, 0) is 6.42 Å². The van der Waals surface area contributed by atoms with Crippen molar-refractivity contribution in [3.63, 3.8) is 0 Å². The number of rotatable bonds is 0. The van der Waals surface area contributed by atoms with Gasteiger partial charge in [-0.2, -0.15) is 5.10 Å². The molecule has 0 aromatic carbocycles. The second kappa shape index (κ2) is 6.33. The molecule has 5 rings (SSSR count). The molecule has 5 heterocycles. The monoisotopic (exact) mass is 364 g/mol. The number of anilines is 1. The van der Waals surface area contributed by atoms with Gasteiger partial charge in [-0.3, -0.25) is 4.98 Å². The van der Waals surface area contributed by atoms with E-state index in [2.05, 4.69) is 26.9 Å². The van der Waals surface area contributed by atoms with Gasteiger partial charge in [0.1, 0.15) is 11.6 Å². The first-order valence-electron chi connectivity index (χ1n) is 9.39. The van der Waals surface area contributed by atoms with Crippen LogP contribution >= 0.6 is 0 Å². The predicted octanol–water partition coefficient (Wildman–Crippen LogP) is 3.11. The van der Waals surface area contributed by atoms with Crippen LogP contribution in [0.1, 0.15) is 42.1 Å². The first kappa shape index (κ1) is 16.2. The smallest absolute Gasteiger partial charge is 0.166 e. The summed E-state index contributed by atoms with van der Waals surface area (Å²) >= 11 is 0. The highest BCUT2D eigenvalue weighted by atomic mass is 19.1. The van der Waals surface area contributed by atoms with Crippen molar-refractivity contribution < 1.29 is 4.39 Å². The maximum Gasteiger partial charge on any atom is 0.166 e. The van der Waals surface area contributed by atoms with Gasteiger partial charge in [-0.25, -0.2) is 13.9 Å². The number of pyridine rings is 1. The lowest BCUT2D eigenvalue weighted by atomic mass is 9.99. The fourth-order valence-corrected chi connectivity index (χ4v) is 4.17. The Hall–Kier alpha value is -2.96. The Labute approximate surface area is 156 Å². The molecule has 0 aliphatic carbocycles. The number of nitrogens with one attached hydrogen (secondary N) is 1. The molecule has 0 spiro atoms. The van der Waals surface area contributed by atoms with Gasteiger partial charge >= 0.3 is 0 Å². The van der Waals surface area contributed by atoms with Gasteiger partial charge in [0, 0.05) is 30.7 Å². The van der Waals surface area contributed by atoms with E-state index in [0.717, 1.165) is 72.8 Å². The van der Waals surface area contributed by atoms with Crippen LogP contribution in [-0.4, -0.2) is 32.7 Å². The summed E-state index contributed by atoms with van der Waals surface area (Å²) in [5.74, 6) is 0.604. The summed E-state index contributed by atoms with van der Waals surface area (Å²) in [6.07, 6.45) is 8.77. The van der Waals surface area contributed by atoms with Gasteiger partial charge in [-0.05, 0) is 43.4 Å². The molecular weight excluding hydrogens is 343 g/mol. The Morgan fingerprint density at radius 1 is 1.26 bits per heavy atom. The number of hydrogen-bond acceptors (Lipinski definition) is 5. The summed E-state index contributed by atoms with van der Waals surface area (Å²) in [5, 5.41) is 7.76. The molecule has 1 unspecified atom stereocenters. The van der Waals surface area contributed by atoms with Crippen LogP contribution in [0.2, 0.25) is 0 Å². The highest BCUT2D eigenvalue weighted by Crippen LogP contribution is 2.37. The number of aromatic nitrogens is 4. The number of fused-ring (bicyclic) bond motifs is 5. The van der Waals surface area contributed by atoms with Crippen molar-refractivity contribution in [1.82, 2.24) is 24.9 Å². The zero-order valence-electron chi connectivity index (χ0n) is 15.0. The van der Waals surface area contributed by atoms with E-state index in [1.54, 1.807) is 16.8 Å². The normalized spacial score (nSPS) is 19.8. The molecule has 3 aromatic heterocycles. The first-order chi connectivity index (χ1) is 13.2. The lowest BCUT2D eigenvalue weighted by Gasteiger charge is -2.27. The molecule has 6 nitrogen and oxygen atoms in total. The van der Waals surface area contributed by atoms with Crippen LogP contribution in [0, 0.1) is 5.82 Å². The van der Waals surface area contributed by atoms with Crippen molar-refractivity contribution in [2.75, 3.05) is 18.0 Å². The zero-order valence-corrected chi connectivity index (χ0v) is 15.0. The van der Waals surface area contributed by atoms with Crippen LogP contribution < -0.4 is 10.2 Å². The van der Waals surface area contributed by atoms with Gasteiger partial charge in [-0.1, -0.05) is 6.58 Å². The molecule has 2 bridgehead atoms. The van der Waals surface area contributed by atoms with Crippen LogP contribution in [0.3, 0.4) is 0 Å². The fraction of sp³-hybridized carbons (Fsp3) is 0.350. The molecule has 1 fully saturated rings. The molecule has 138 valence electrons. The minimum atomic E-state index is -0.280. The number of halogens is 1. The minimum absolute atomic E-state index is 0.0986. The van der Waals surface area contributed by atoms with Crippen molar-refractivity contribution >= 4 is 17.2 Å². The molecule has 1 atom stereocenters. The van der Waals surface area contributed by atoms with E-state index in [0.29, 0.717) is 0 Å². The maximum atomic E-state index is 14.0. The Morgan fingerprint density at radius 2 is 2.19 bits per heavy atom. The molecule has 0 saturated carbocycles. The lowest BCUT2D eigenvalue weighted by Crippen LogP contribution is -2.25. The third-order valence-electron chi connectivity index (χ3n) is 5.48. The minimum Gasteiger partial charge on any atom is -0.385 e. The largest absolute Gasteiger partial charge is 0.385 e. The van der Waals surface area contributed by atoms with Crippen LogP contribution in [0.5, 0.6) is 0 Å². The van der Waals surface area contributed by atoms with E-state index < -0.39 is 0 Å². The number of nitrogens with zero attached hydrogens (tertiary/aromatic N) is 5. The van der Waals surface area contributed by atoms with Crippen LogP contribution in [0.4, 0.5) is 10.2 Å². The molecule has 2 aliphatic heterocycles. The highest BCUT2D eigenvalue weighted by molar-refractivity contribution is 5.74. The third kappa shape index (κ3) is 2.74. The van der Waals surface area contributed by atoms with E-state index in [1.807, 2.05) is 12.3 Å². The molecule has 3 aromatic rings. The molecule has 1 N–H and O–H groups in total. The average Bonchev–Trinajstić information content (AvgIpc) is 3.31. The van der Waals surface area contributed by atoms with Gasteiger partial charge in [0.25, 0.3) is 0 Å². The Kier molecular flexibility index (Phi) is 3.81. The Balaban J connectivity index is 1.67. The number of aryl methyl sites for hydroxylation is 1. The van der Waals surface area contributed by atoms with Crippen molar-refractivity contribution in [3.05, 3.63) is 59.9 Å². The predicted molar refractivity (Wildman–Crippen MR) is 102 cm³/mol. The summed E-state index contributed by atoms with van der Waals surface area (Å²) in [6, 6.07) is 3.73. The summed E-state index contributed by atoms with van der Waals surface area (Å²) in [7, 11) is 0.